The van der Waals surface area contributed by atoms with E-state index in [9.17, 15) is 14.4 Å². The maximum absolute atomic E-state index is 13.6. The van der Waals surface area contributed by atoms with Crippen LogP contribution in [0, 0.1) is 11.8 Å². The van der Waals surface area contributed by atoms with E-state index < -0.39 is 22.6 Å². The highest BCUT2D eigenvalue weighted by atomic mass is 32.2. The van der Waals surface area contributed by atoms with Crippen molar-refractivity contribution in [3.05, 3.63) is 0 Å². The van der Waals surface area contributed by atoms with E-state index in [2.05, 4.69) is 12.2 Å². The number of likely N-dealkylation sites (tertiary alicyclic amines) is 1. The molecule has 2 N–H and O–H groups in total. The van der Waals surface area contributed by atoms with Gasteiger partial charge in [-0.2, -0.15) is 0 Å². The van der Waals surface area contributed by atoms with Crippen LogP contribution < -0.4 is 5.32 Å². The molecule has 0 radical (unpaired) electrons. The van der Waals surface area contributed by atoms with Crippen molar-refractivity contribution >= 4 is 29.5 Å². The number of aliphatic hydroxyl groups excluding tert-OH is 1. The molecular weight excluding hydrogens is 416 g/mol. The van der Waals surface area contributed by atoms with Crippen LogP contribution >= 0.6 is 11.8 Å². The number of esters is 1. The van der Waals surface area contributed by atoms with Crippen LogP contribution in [0.5, 0.6) is 0 Å². The molecule has 176 valence electrons. The standard InChI is InChI=1S/C23H38N2O5S/c1-3-5-8-13-24-20(27)19-23-12-11-16(31-23)17(22(29)30-4-2)18(23)21(28)25(19)14-9-6-7-10-15-26/h16-19,26H,3-15H2,1-2H3,(H,24,27)/t16-,17+,18-,19?,23?/m0/s1. The predicted octanol–water partition coefficient (Wildman–Crippen LogP) is 2.50. The molecule has 3 aliphatic heterocycles. The minimum Gasteiger partial charge on any atom is -0.466 e. The van der Waals surface area contributed by atoms with Gasteiger partial charge in [-0.05, 0) is 39.0 Å². The molecule has 5 atom stereocenters. The molecule has 3 rings (SSSR count). The largest absolute Gasteiger partial charge is 0.466 e. The average molecular weight is 455 g/mol. The van der Waals surface area contributed by atoms with Crippen LogP contribution in [0.2, 0.25) is 0 Å². The summed E-state index contributed by atoms with van der Waals surface area (Å²) in [5.41, 5.74) is 0. The lowest BCUT2D eigenvalue weighted by atomic mass is 9.71. The Hall–Kier alpha value is -1.28. The van der Waals surface area contributed by atoms with Crippen LogP contribution in [-0.4, -0.2) is 70.1 Å². The minimum atomic E-state index is -0.515. The highest BCUT2D eigenvalue weighted by Gasteiger charge is 2.73. The van der Waals surface area contributed by atoms with E-state index in [1.165, 1.54) is 0 Å². The molecule has 2 unspecified atom stereocenters. The van der Waals surface area contributed by atoms with Crippen LogP contribution in [0.3, 0.4) is 0 Å². The van der Waals surface area contributed by atoms with Gasteiger partial charge in [-0.1, -0.05) is 32.6 Å². The van der Waals surface area contributed by atoms with E-state index in [0.29, 0.717) is 19.7 Å². The summed E-state index contributed by atoms with van der Waals surface area (Å²) >= 11 is 1.69. The van der Waals surface area contributed by atoms with Gasteiger partial charge in [0.15, 0.2) is 0 Å². The molecule has 2 bridgehead atoms. The number of carbonyl (C=O) groups is 3. The highest BCUT2D eigenvalue weighted by molar-refractivity contribution is 8.02. The van der Waals surface area contributed by atoms with Crippen LogP contribution in [0.1, 0.15) is 71.6 Å². The first-order valence-corrected chi connectivity index (χ1v) is 12.9. The molecule has 0 aromatic heterocycles. The third-order valence-corrected chi connectivity index (χ3v) is 8.95. The van der Waals surface area contributed by atoms with Crippen molar-refractivity contribution in [2.45, 2.75) is 87.7 Å². The Kier molecular flexibility index (Phi) is 8.67. The molecule has 3 saturated heterocycles. The number of unbranched alkanes of at least 4 members (excludes halogenated alkanes) is 5. The van der Waals surface area contributed by atoms with E-state index in [1.807, 2.05) is 0 Å². The van der Waals surface area contributed by atoms with Gasteiger partial charge in [0, 0.05) is 24.9 Å². The van der Waals surface area contributed by atoms with Crippen molar-refractivity contribution in [2.75, 3.05) is 26.3 Å². The van der Waals surface area contributed by atoms with E-state index in [4.69, 9.17) is 9.84 Å². The minimum absolute atomic E-state index is 0.0522. The summed E-state index contributed by atoms with van der Waals surface area (Å²) in [4.78, 5) is 41.5. The number of carbonyl (C=O) groups excluding carboxylic acids is 3. The average Bonchev–Trinajstić information content (AvgIpc) is 3.39. The second-order valence-electron chi connectivity index (χ2n) is 8.98. The number of thioether (sulfide) groups is 1. The number of fused-ring (bicyclic) bond motifs is 1. The Morgan fingerprint density at radius 2 is 1.97 bits per heavy atom. The van der Waals surface area contributed by atoms with E-state index >= 15 is 0 Å². The Balaban J connectivity index is 1.79. The predicted molar refractivity (Wildman–Crippen MR) is 121 cm³/mol. The topological polar surface area (TPSA) is 95.9 Å². The van der Waals surface area contributed by atoms with Gasteiger partial charge in [-0.15, -0.1) is 11.8 Å². The summed E-state index contributed by atoms with van der Waals surface area (Å²) in [7, 11) is 0. The number of rotatable bonds is 13. The van der Waals surface area contributed by atoms with Gasteiger partial charge in [0.2, 0.25) is 11.8 Å². The number of hydrogen-bond acceptors (Lipinski definition) is 6. The normalized spacial score (nSPS) is 31.2. The third kappa shape index (κ3) is 4.75. The number of hydrogen-bond donors (Lipinski definition) is 2. The fourth-order valence-electron chi connectivity index (χ4n) is 5.63. The van der Waals surface area contributed by atoms with Crippen LogP contribution in [0.15, 0.2) is 0 Å². The smallest absolute Gasteiger partial charge is 0.310 e. The second-order valence-corrected chi connectivity index (χ2v) is 10.6. The molecule has 1 spiro atoms. The first kappa shape index (κ1) is 24.4. The van der Waals surface area contributed by atoms with Gasteiger partial charge in [-0.3, -0.25) is 14.4 Å². The number of amides is 2. The molecule has 3 aliphatic rings. The zero-order valence-corrected chi connectivity index (χ0v) is 19.8. The third-order valence-electron chi connectivity index (χ3n) is 6.99. The number of aliphatic hydroxyl groups is 1. The molecule has 7 nitrogen and oxygen atoms in total. The van der Waals surface area contributed by atoms with Crippen molar-refractivity contribution in [1.82, 2.24) is 10.2 Å². The van der Waals surface area contributed by atoms with Crippen LogP contribution in [0.25, 0.3) is 0 Å². The summed E-state index contributed by atoms with van der Waals surface area (Å²) in [5, 5.41) is 12.1. The first-order chi connectivity index (χ1) is 15.0. The number of nitrogens with one attached hydrogen (secondary N) is 1. The van der Waals surface area contributed by atoms with E-state index in [1.54, 1.807) is 23.6 Å². The summed E-state index contributed by atoms with van der Waals surface area (Å²) in [6.07, 6.45) is 8.09. The fourth-order valence-corrected chi connectivity index (χ4v) is 7.84. The van der Waals surface area contributed by atoms with Gasteiger partial charge < -0.3 is 20.1 Å². The van der Waals surface area contributed by atoms with Crippen LogP contribution in [-0.2, 0) is 19.1 Å². The summed E-state index contributed by atoms with van der Waals surface area (Å²) < 4.78 is 4.82. The Morgan fingerprint density at radius 3 is 2.68 bits per heavy atom. The lowest BCUT2D eigenvalue weighted by Crippen LogP contribution is -2.53. The SMILES string of the molecule is CCCCCNC(=O)C1N(CCCCCCO)C(=O)[C@@H]2[C@H](C(=O)OCC)[C@@H]3CCC12S3. The molecule has 0 saturated carbocycles. The maximum Gasteiger partial charge on any atom is 0.310 e. The van der Waals surface area contributed by atoms with Crippen molar-refractivity contribution < 1.29 is 24.2 Å². The Morgan fingerprint density at radius 1 is 1.19 bits per heavy atom. The Bertz CT molecular complexity index is 660. The second kappa shape index (κ2) is 11.0. The monoisotopic (exact) mass is 454 g/mol. The molecule has 0 aromatic rings. The maximum atomic E-state index is 13.6. The fraction of sp³-hybridized carbons (Fsp3) is 0.870. The van der Waals surface area contributed by atoms with Gasteiger partial charge in [0.05, 0.1) is 23.2 Å². The van der Waals surface area contributed by atoms with E-state index in [0.717, 1.165) is 57.8 Å². The first-order valence-electron chi connectivity index (χ1n) is 12.0. The molecule has 3 heterocycles. The van der Waals surface area contributed by atoms with Gasteiger partial charge in [-0.25, -0.2) is 0 Å². The summed E-state index contributed by atoms with van der Waals surface area (Å²) in [6.45, 7) is 5.54. The lowest BCUT2D eigenvalue weighted by molar-refractivity contribution is -0.153. The molecule has 0 aromatic carbocycles. The molecule has 2 amide bonds. The van der Waals surface area contributed by atoms with Crippen molar-refractivity contribution in [2.24, 2.45) is 11.8 Å². The van der Waals surface area contributed by atoms with Gasteiger partial charge in [0.25, 0.3) is 0 Å². The summed E-state index contributed by atoms with van der Waals surface area (Å²) in [6, 6.07) is -0.515. The molecule has 8 heteroatoms. The van der Waals surface area contributed by atoms with E-state index in [-0.39, 0.29) is 29.6 Å². The number of nitrogens with zero attached hydrogens (tertiary/aromatic N) is 1. The van der Waals surface area contributed by atoms with Crippen LogP contribution in [0.4, 0.5) is 0 Å². The molecule has 0 aliphatic carbocycles. The lowest BCUT2D eigenvalue weighted by Gasteiger charge is -2.34. The zero-order chi connectivity index (χ0) is 22.4. The highest BCUT2D eigenvalue weighted by Crippen LogP contribution is 2.66. The molecule has 3 fully saturated rings. The quantitative estimate of drug-likeness (QED) is 0.328. The molecule has 31 heavy (non-hydrogen) atoms. The molecular formula is C23H38N2O5S. The number of ether oxygens (including phenoxy) is 1. The van der Waals surface area contributed by atoms with Gasteiger partial charge in [0.1, 0.15) is 6.04 Å². The Labute approximate surface area is 190 Å². The van der Waals surface area contributed by atoms with Crippen molar-refractivity contribution in [3.63, 3.8) is 0 Å². The zero-order valence-electron chi connectivity index (χ0n) is 18.9. The summed E-state index contributed by atoms with van der Waals surface area (Å²) in [5.74, 6) is -1.31. The van der Waals surface area contributed by atoms with Crippen molar-refractivity contribution in [1.29, 1.82) is 0 Å². The van der Waals surface area contributed by atoms with Crippen molar-refractivity contribution in [3.8, 4) is 0 Å². The van der Waals surface area contributed by atoms with Gasteiger partial charge >= 0.3 is 5.97 Å².